The van der Waals surface area contributed by atoms with Gasteiger partial charge in [-0.05, 0) is 26.8 Å². The van der Waals surface area contributed by atoms with E-state index in [2.05, 4.69) is 14.9 Å². The molecule has 0 aliphatic rings. The van der Waals surface area contributed by atoms with Crippen molar-refractivity contribution >= 4 is 12.1 Å². The number of carbonyl (C=O) groups excluding carboxylic acids is 2. The van der Waals surface area contributed by atoms with E-state index in [0.29, 0.717) is 5.69 Å². The lowest BCUT2D eigenvalue weighted by Gasteiger charge is -2.24. The lowest BCUT2D eigenvalue weighted by molar-refractivity contribution is 0.0283. The Labute approximate surface area is 111 Å². The molecule has 1 aromatic heterocycles. The molecule has 0 radical (unpaired) electrons. The molecule has 0 aliphatic carbocycles. The first kappa shape index (κ1) is 15.0. The maximum Gasteiger partial charge on any atom is 0.410 e. The van der Waals surface area contributed by atoms with Crippen molar-refractivity contribution in [1.82, 2.24) is 15.1 Å². The first-order valence-corrected chi connectivity index (χ1v) is 5.79. The summed E-state index contributed by atoms with van der Waals surface area (Å²) >= 11 is 0. The van der Waals surface area contributed by atoms with Gasteiger partial charge in [-0.3, -0.25) is 5.10 Å². The molecule has 0 saturated carbocycles. The van der Waals surface area contributed by atoms with E-state index < -0.39 is 17.7 Å². The van der Waals surface area contributed by atoms with Gasteiger partial charge in [-0.2, -0.15) is 5.10 Å². The Morgan fingerprint density at radius 2 is 2.05 bits per heavy atom. The molecule has 0 bridgehead atoms. The second kappa shape index (κ2) is 5.73. The van der Waals surface area contributed by atoms with Crippen LogP contribution < -0.4 is 0 Å². The van der Waals surface area contributed by atoms with E-state index in [1.165, 1.54) is 18.1 Å². The van der Waals surface area contributed by atoms with E-state index >= 15 is 0 Å². The number of hydrogen-bond acceptors (Lipinski definition) is 5. The Kier molecular flexibility index (Phi) is 4.52. The predicted molar refractivity (Wildman–Crippen MR) is 67.6 cm³/mol. The van der Waals surface area contributed by atoms with Crippen LogP contribution in [0.4, 0.5) is 4.79 Å². The van der Waals surface area contributed by atoms with Gasteiger partial charge < -0.3 is 14.4 Å². The number of methoxy groups -OCH3 is 1. The van der Waals surface area contributed by atoms with E-state index in [9.17, 15) is 9.59 Å². The Balaban J connectivity index is 2.62. The summed E-state index contributed by atoms with van der Waals surface area (Å²) in [5.41, 5.74) is 0.250. The molecule has 1 heterocycles. The Morgan fingerprint density at radius 1 is 1.42 bits per heavy atom. The SMILES string of the molecule is COC(=O)c1cc(CN(C)C(=O)OC(C)(C)C)[nH]n1. The van der Waals surface area contributed by atoms with Crippen molar-refractivity contribution in [1.29, 1.82) is 0 Å². The molecule has 1 N–H and O–H groups in total. The van der Waals surface area contributed by atoms with Crippen molar-refractivity contribution in [2.45, 2.75) is 32.9 Å². The molecule has 7 nitrogen and oxygen atoms in total. The topological polar surface area (TPSA) is 84.5 Å². The third-order valence-electron chi connectivity index (χ3n) is 2.14. The van der Waals surface area contributed by atoms with Gasteiger partial charge in [0.25, 0.3) is 0 Å². The highest BCUT2D eigenvalue weighted by atomic mass is 16.6. The second-order valence-corrected chi connectivity index (χ2v) is 5.11. The van der Waals surface area contributed by atoms with E-state index in [-0.39, 0.29) is 12.2 Å². The van der Waals surface area contributed by atoms with Gasteiger partial charge >= 0.3 is 12.1 Å². The molecular weight excluding hydrogens is 250 g/mol. The van der Waals surface area contributed by atoms with E-state index in [4.69, 9.17) is 4.74 Å². The minimum atomic E-state index is -0.545. The fourth-order valence-electron chi connectivity index (χ4n) is 1.31. The maximum atomic E-state index is 11.7. The largest absolute Gasteiger partial charge is 0.464 e. The average Bonchev–Trinajstić information content (AvgIpc) is 2.74. The highest BCUT2D eigenvalue weighted by Crippen LogP contribution is 2.11. The van der Waals surface area contributed by atoms with Crippen molar-refractivity contribution in [2.24, 2.45) is 0 Å². The fourth-order valence-corrected chi connectivity index (χ4v) is 1.31. The number of hydrogen-bond donors (Lipinski definition) is 1. The van der Waals surface area contributed by atoms with Crippen LogP contribution in [0, 0.1) is 0 Å². The number of rotatable bonds is 3. The second-order valence-electron chi connectivity index (χ2n) is 5.11. The molecular formula is C12H19N3O4. The molecule has 1 aromatic rings. The third-order valence-corrected chi connectivity index (χ3v) is 2.14. The third kappa shape index (κ3) is 4.61. The minimum Gasteiger partial charge on any atom is -0.464 e. The van der Waals surface area contributed by atoms with Crippen LogP contribution in [0.2, 0.25) is 0 Å². The smallest absolute Gasteiger partial charge is 0.410 e. The van der Waals surface area contributed by atoms with Gasteiger partial charge in [-0.25, -0.2) is 9.59 Å². The zero-order valence-corrected chi connectivity index (χ0v) is 11.8. The molecule has 106 valence electrons. The molecule has 0 fully saturated rings. The lowest BCUT2D eigenvalue weighted by Crippen LogP contribution is -2.33. The van der Waals surface area contributed by atoms with Gasteiger partial charge in [0.2, 0.25) is 0 Å². The van der Waals surface area contributed by atoms with Crippen LogP contribution in [-0.4, -0.2) is 46.9 Å². The molecule has 0 atom stereocenters. The lowest BCUT2D eigenvalue weighted by atomic mass is 10.2. The van der Waals surface area contributed by atoms with Gasteiger partial charge in [0.15, 0.2) is 5.69 Å². The molecule has 0 spiro atoms. The normalized spacial score (nSPS) is 11.0. The summed E-state index contributed by atoms with van der Waals surface area (Å²) in [7, 11) is 2.89. The van der Waals surface area contributed by atoms with Gasteiger partial charge in [0, 0.05) is 7.05 Å². The Morgan fingerprint density at radius 3 is 2.58 bits per heavy atom. The van der Waals surface area contributed by atoms with Crippen LogP contribution in [-0.2, 0) is 16.0 Å². The van der Waals surface area contributed by atoms with Gasteiger partial charge in [0.1, 0.15) is 5.60 Å². The van der Waals surface area contributed by atoms with Crippen LogP contribution in [0.1, 0.15) is 37.0 Å². The number of ether oxygens (including phenoxy) is 2. The van der Waals surface area contributed by atoms with E-state index in [0.717, 1.165) is 0 Å². The Bertz CT molecular complexity index is 462. The number of nitrogens with zero attached hydrogens (tertiary/aromatic N) is 2. The standard InChI is InChI=1S/C12H19N3O4/c1-12(2,3)19-11(17)15(4)7-8-6-9(14-13-8)10(16)18-5/h6H,7H2,1-5H3,(H,13,14). The van der Waals surface area contributed by atoms with Crippen LogP contribution in [0.3, 0.4) is 0 Å². The number of carbonyl (C=O) groups is 2. The number of aromatic amines is 1. The molecule has 0 aliphatic heterocycles. The molecule has 7 heteroatoms. The zero-order valence-electron chi connectivity index (χ0n) is 11.8. The summed E-state index contributed by atoms with van der Waals surface area (Å²) in [5.74, 6) is -0.526. The van der Waals surface area contributed by atoms with Crippen molar-refractivity contribution < 1.29 is 19.1 Å². The molecule has 1 amide bonds. The highest BCUT2D eigenvalue weighted by molar-refractivity contribution is 5.87. The van der Waals surface area contributed by atoms with Crippen LogP contribution in [0.25, 0.3) is 0 Å². The van der Waals surface area contributed by atoms with Crippen molar-refractivity contribution in [3.05, 3.63) is 17.5 Å². The summed E-state index contributed by atoms with van der Waals surface area (Å²) in [5, 5.41) is 6.46. The zero-order chi connectivity index (χ0) is 14.6. The molecule has 0 aromatic carbocycles. The number of esters is 1. The van der Waals surface area contributed by atoms with Crippen molar-refractivity contribution in [2.75, 3.05) is 14.2 Å². The summed E-state index contributed by atoms with van der Waals surface area (Å²) in [6.07, 6.45) is -0.443. The number of H-pyrrole nitrogens is 1. The summed E-state index contributed by atoms with van der Waals surface area (Å²) < 4.78 is 9.75. The first-order chi connectivity index (χ1) is 8.73. The maximum absolute atomic E-state index is 11.7. The first-order valence-electron chi connectivity index (χ1n) is 5.79. The molecule has 0 saturated heterocycles. The quantitative estimate of drug-likeness (QED) is 0.842. The van der Waals surface area contributed by atoms with Gasteiger partial charge in [0.05, 0.1) is 19.3 Å². The average molecular weight is 269 g/mol. The number of amides is 1. The minimum absolute atomic E-state index is 0.176. The van der Waals surface area contributed by atoms with Crippen molar-refractivity contribution in [3.8, 4) is 0 Å². The van der Waals surface area contributed by atoms with E-state index in [1.807, 2.05) is 0 Å². The summed E-state index contributed by atoms with van der Waals surface area (Å²) in [4.78, 5) is 24.4. The summed E-state index contributed by atoms with van der Waals surface area (Å²) in [6.45, 7) is 5.65. The Hall–Kier alpha value is -2.05. The fraction of sp³-hybridized carbons (Fsp3) is 0.583. The highest BCUT2D eigenvalue weighted by Gasteiger charge is 2.20. The van der Waals surface area contributed by atoms with Crippen LogP contribution in [0.5, 0.6) is 0 Å². The van der Waals surface area contributed by atoms with Gasteiger partial charge in [-0.1, -0.05) is 0 Å². The van der Waals surface area contributed by atoms with Crippen molar-refractivity contribution in [3.63, 3.8) is 0 Å². The molecule has 0 unspecified atom stereocenters. The van der Waals surface area contributed by atoms with Crippen LogP contribution in [0.15, 0.2) is 6.07 Å². The van der Waals surface area contributed by atoms with E-state index in [1.54, 1.807) is 27.8 Å². The number of nitrogens with one attached hydrogen (secondary N) is 1. The predicted octanol–water partition coefficient (Wildman–Crippen LogP) is 1.56. The summed E-state index contributed by atoms with van der Waals surface area (Å²) in [6, 6.07) is 1.53. The number of aromatic nitrogens is 2. The molecule has 1 rings (SSSR count). The monoisotopic (exact) mass is 269 g/mol. The molecule has 19 heavy (non-hydrogen) atoms. The van der Waals surface area contributed by atoms with Crippen LogP contribution >= 0.6 is 0 Å². The van der Waals surface area contributed by atoms with Gasteiger partial charge in [-0.15, -0.1) is 0 Å².